The molecule has 144 valence electrons. The van der Waals surface area contributed by atoms with E-state index < -0.39 is 0 Å². The molecular weight excluding hydrogens is 316 g/mol. The second-order valence-electron chi connectivity index (χ2n) is 8.59. The van der Waals surface area contributed by atoms with Crippen molar-refractivity contribution in [2.24, 2.45) is 23.7 Å². The number of nitrogens with zero attached hydrogens (tertiary/aromatic N) is 1. The maximum atomic E-state index is 12.7. The van der Waals surface area contributed by atoms with Crippen LogP contribution in [0.2, 0.25) is 0 Å². The summed E-state index contributed by atoms with van der Waals surface area (Å²) in [5, 5.41) is 2.95. The van der Waals surface area contributed by atoms with E-state index in [0.29, 0.717) is 24.3 Å². The molecule has 2 aliphatic rings. The highest BCUT2D eigenvalue weighted by atomic mass is 16.5. The number of nitrogens with one attached hydrogen (secondary N) is 1. The van der Waals surface area contributed by atoms with Crippen molar-refractivity contribution in [1.82, 2.24) is 10.2 Å². The first-order valence-corrected chi connectivity index (χ1v) is 10.1. The number of rotatable bonds is 5. The van der Waals surface area contributed by atoms with Gasteiger partial charge in [-0.2, -0.15) is 0 Å². The molecule has 0 spiro atoms. The first kappa shape index (κ1) is 20.1. The number of hydrogen-bond donors (Lipinski definition) is 1. The quantitative estimate of drug-likeness (QED) is 0.818. The molecule has 5 nitrogen and oxygen atoms in total. The van der Waals surface area contributed by atoms with Crippen molar-refractivity contribution in [3.63, 3.8) is 0 Å². The van der Waals surface area contributed by atoms with Crippen LogP contribution in [-0.2, 0) is 9.53 Å². The number of likely N-dealkylation sites (tertiary alicyclic amines) is 1. The third-order valence-electron chi connectivity index (χ3n) is 5.74. The molecular formula is C20H36N2O3. The standard InChI is InChI=1S/C20H36N2O3/c1-14(2)13-25-20(24)21-18-7-5-17(6-8-18)19(23)22-11-9-16(10-12-22)15(3)4/h14-18H,5-13H2,1-4H3,(H,21,24). The van der Waals surface area contributed by atoms with E-state index in [0.717, 1.165) is 57.5 Å². The van der Waals surface area contributed by atoms with E-state index in [2.05, 4.69) is 24.1 Å². The van der Waals surface area contributed by atoms with Crippen LogP contribution >= 0.6 is 0 Å². The lowest BCUT2D eigenvalue weighted by molar-refractivity contribution is -0.138. The fraction of sp³-hybridized carbons (Fsp3) is 0.900. The van der Waals surface area contributed by atoms with E-state index in [1.165, 1.54) is 0 Å². The molecule has 0 unspecified atom stereocenters. The summed E-state index contributed by atoms with van der Waals surface area (Å²) in [5.74, 6) is 2.30. The molecule has 2 fully saturated rings. The highest BCUT2D eigenvalue weighted by Crippen LogP contribution is 2.29. The van der Waals surface area contributed by atoms with Crippen LogP contribution in [-0.4, -0.2) is 42.6 Å². The summed E-state index contributed by atoms with van der Waals surface area (Å²) >= 11 is 0. The Morgan fingerprint density at radius 1 is 1.00 bits per heavy atom. The summed E-state index contributed by atoms with van der Waals surface area (Å²) < 4.78 is 5.18. The maximum Gasteiger partial charge on any atom is 0.407 e. The van der Waals surface area contributed by atoms with Gasteiger partial charge < -0.3 is 15.0 Å². The Balaban J connectivity index is 1.69. The van der Waals surface area contributed by atoms with Gasteiger partial charge in [0.15, 0.2) is 0 Å². The molecule has 0 atom stereocenters. The summed E-state index contributed by atoms with van der Waals surface area (Å²) in [7, 11) is 0. The van der Waals surface area contributed by atoms with Crippen LogP contribution < -0.4 is 5.32 Å². The second kappa shape index (κ2) is 9.44. The van der Waals surface area contributed by atoms with Crippen molar-refractivity contribution in [3.8, 4) is 0 Å². The van der Waals surface area contributed by atoms with Gasteiger partial charge in [0, 0.05) is 25.0 Å². The van der Waals surface area contributed by atoms with E-state index in [9.17, 15) is 9.59 Å². The number of ether oxygens (including phenoxy) is 1. The number of amides is 2. The molecule has 0 aromatic rings. The molecule has 0 radical (unpaired) electrons. The van der Waals surface area contributed by atoms with Crippen LogP contribution in [0.15, 0.2) is 0 Å². The zero-order valence-electron chi connectivity index (χ0n) is 16.4. The predicted molar refractivity (Wildman–Crippen MR) is 99.2 cm³/mol. The summed E-state index contributed by atoms with van der Waals surface area (Å²) in [6.45, 7) is 10.9. The number of alkyl carbamates (subject to hydrolysis) is 1. The highest BCUT2D eigenvalue weighted by molar-refractivity contribution is 5.79. The van der Waals surface area contributed by atoms with Gasteiger partial charge >= 0.3 is 6.09 Å². The lowest BCUT2D eigenvalue weighted by Gasteiger charge is -2.37. The third kappa shape index (κ3) is 6.19. The fourth-order valence-electron chi connectivity index (χ4n) is 3.98. The Hall–Kier alpha value is -1.26. The first-order valence-electron chi connectivity index (χ1n) is 10.1. The van der Waals surface area contributed by atoms with Crippen molar-refractivity contribution in [3.05, 3.63) is 0 Å². The number of piperidine rings is 1. The van der Waals surface area contributed by atoms with Crippen LogP contribution in [0.25, 0.3) is 0 Å². The topological polar surface area (TPSA) is 58.6 Å². The Morgan fingerprint density at radius 2 is 1.60 bits per heavy atom. The Bertz CT molecular complexity index is 434. The molecule has 0 aromatic heterocycles. The monoisotopic (exact) mass is 352 g/mol. The summed E-state index contributed by atoms with van der Waals surface area (Å²) in [6, 6.07) is 0.149. The van der Waals surface area contributed by atoms with Crippen molar-refractivity contribution in [2.75, 3.05) is 19.7 Å². The van der Waals surface area contributed by atoms with E-state index in [4.69, 9.17) is 4.74 Å². The highest BCUT2D eigenvalue weighted by Gasteiger charge is 2.32. The average Bonchev–Trinajstić information content (AvgIpc) is 2.60. The van der Waals surface area contributed by atoms with Gasteiger partial charge in [-0.3, -0.25) is 4.79 Å². The zero-order chi connectivity index (χ0) is 18.4. The van der Waals surface area contributed by atoms with Gasteiger partial charge in [0.25, 0.3) is 0 Å². The molecule has 2 rings (SSSR count). The molecule has 1 aliphatic heterocycles. The summed E-state index contributed by atoms with van der Waals surface area (Å²) in [6.07, 6.45) is 5.45. The van der Waals surface area contributed by atoms with Crippen molar-refractivity contribution in [1.29, 1.82) is 0 Å². The van der Waals surface area contributed by atoms with Crippen molar-refractivity contribution < 1.29 is 14.3 Å². The van der Waals surface area contributed by atoms with Crippen LogP contribution in [0, 0.1) is 23.7 Å². The van der Waals surface area contributed by atoms with E-state index in [-0.39, 0.29) is 18.1 Å². The van der Waals surface area contributed by atoms with Gasteiger partial charge in [0.2, 0.25) is 5.91 Å². The van der Waals surface area contributed by atoms with Crippen molar-refractivity contribution in [2.45, 2.75) is 72.3 Å². The molecule has 5 heteroatoms. The van der Waals surface area contributed by atoms with Gasteiger partial charge in [-0.05, 0) is 56.3 Å². The van der Waals surface area contributed by atoms with Gasteiger partial charge in [0.05, 0.1) is 6.61 Å². The predicted octanol–water partition coefficient (Wildman–Crippen LogP) is 3.82. The molecule has 1 heterocycles. The van der Waals surface area contributed by atoms with Crippen molar-refractivity contribution >= 4 is 12.0 Å². The van der Waals surface area contributed by atoms with Gasteiger partial charge in [-0.25, -0.2) is 4.79 Å². The molecule has 0 aromatic carbocycles. The van der Waals surface area contributed by atoms with Gasteiger partial charge in [-0.15, -0.1) is 0 Å². The first-order chi connectivity index (χ1) is 11.9. The Labute approximate surface area is 152 Å². The average molecular weight is 353 g/mol. The molecule has 1 aliphatic carbocycles. The SMILES string of the molecule is CC(C)COC(=O)NC1CCC(C(=O)N2CCC(C(C)C)CC2)CC1. The Kier molecular flexibility index (Phi) is 7.57. The van der Waals surface area contributed by atoms with Gasteiger partial charge in [0.1, 0.15) is 0 Å². The van der Waals surface area contributed by atoms with Crippen LogP contribution in [0.3, 0.4) is 0 Å². The molecule has 1 saturated carbocycles. The molecule has 1 N–H and O–H groups in total. The van der Waals surface area contributed by atoms with Crippen LogP contribution in [0.1, 0.15) is 66.2 Å². The summed E-state index contributed by atoms with van der Waals surface area (Å²) in [5.41, 5.74) is 0. The minimum absolute atomic E-state index is 0.139. The van der Waals surface area contributed by atoms with Gasteiger partial charge in [-0.1, -0.05) is 27.7 Å². The van der Waals surface area contributed by atoms with E-state index in [1.807, 2.05) is 13.8 Å². The Morgan fingerprint density at radius 3 is 2.12 bits per heavy atom. The number of carbonyl (C=O) groups is 2. The molecule has 25 heavy (non-hydrogen) atoms. The third-order valence-corrected chi connectivity index (χ3v) is 5.74. The zero-order valence-corrected chi connectivity index (χ0v) is 16.4. The molecule has 2 amide bonds. The minimum Gasteiger partial charge on any atom is -0.449 e. The number of hydrogen-bond acceptors (Lipinski definition) is 3. The lowest BCUT2D eigenvalue weighted by Crippen LogP contribution is -2.45. The fourth-order valence-corrected chi connectivity index (χ4v) is 3.98. The minimum atomic E-state index is -0.320. The number of carbonyl (C=O) groups excluding carboxylic acids is 2. The van der Waals surface area contributed by atoms with Crippen LogP contribution in [0.4, 0.5) is 4.79 Å². The second-order valence-corrected chi connectivity index (χ2v) is 8.59. The van der Waals surface area contributed by atoms with E-state index in [1.54, 1.807) is 0 Å². The van der Waals surface area contributed by atoms with Crippen LogP contribution in [0.5, 0.6) is 0 Å². The molecule has 1 saturated heterocycles. The molecule has 0 bridgehead atoms. The maximum absolute atomic E-state index is 12.7. The lowest BCUT2D eigenvalue weighted by atomic mass is 9.83. The summed E-state index contributed by atoms with van der Waals surface area (Å²) in [4.78, 5) is 26.6. The largest absolute Gasteiger partial charge is 0.449 e. The smallest absolute Gasteiger partial charge is 0.407 e. The normalized spacial score (nSPS) is 25.3. The van der Waals surface area contributed by atoms with E-state index >= 15 is 0 Å².